The van der Waals surface area contributed by atoms with Gasteiger partial charge in [0.2, 0.25) is 10.0 Å². The average molecular weight is 475 g/mol. The zero-order valence-electron chi connectivity index (χ0n) is 17.8. The Hall–Kier alpha value is -2.44. The molecule has 0 bridgehead atoms. The van der Waals surface area contributed by atoms with Crippen molar-refractivity contribution in [1.29, 1.82) is 0 Å². The van der Waals surface area contributed by atoms with Crippen LogP contribution in [-0.2, 0) is 21.2 Å². The first-order valence-electron chi connectivity index (χ1n) is 10.3. The summed E-state index contributed by atoms with van der Waals surface area (Å²) in [5.74, 6) is 0.753. The monoisotopic (exact) mass is 474 g/mol. The molecule has 0 saturated carbocycles. The Morgan fingerprint density at radius 1 is 1.16 bits per heavy atom. The normalized spacial score (nSPS) is 15.1. The molecule has 9 nitrogen and oxygen atoms in total. The van der Waals surface area contributed by atoms with E-state index in [-0.39, 0.29) is 4.90 Å². The summed E-state index contributed by atoms with van der Waals surface area (Å²) in [6.45, 7) is 7.19. The standard InChI is InChI=1S/C21H26N6O3S2/c1-15-21(16-2-4-18(5-3-16)32(22,28)29)31-20(25-15)12-17-13-23-14-19(26-17)24-6-7-27-8-10-30-11-9-27/h2-5,13-14H,6-12H2,1H3,(H,24,26)(H2,22,28,29). The maximum atomic E-state index is 11.5. The first-order valence-corrected chi connectivity index (χ1v) is 12.7. The van der Waals surface area contributed by atoms with Crippen LogP contribution >= 0.6 is 11.3 Å². The number of benzene rings is 1. The summed E-state index contributed by atoms with van der Waals surface area (Å²) < 4.78 is 28.3. The van der Waals surface area contributed by atoms with E-state index < -0.39 is 10.0 Å². The number of thiazole rings is 1. The summed E-state index contributed by atoms with van der Waals surface area (Å²) in [4.78, 5) is 17.1. The van der Waals surface area contributed by atoms with E-state index in [4.69, 9.17) is 9.88 Å². The van der Waals surface area contributed by atoms with Gasteiger partial charge in [-0.1, -0.05) is 12.1 Å². The Kier molecular flexibility index (Phi) is 7.11. The number of sulfonamides is 1. The summed E-state index contributed by atoms with van der Waals surface area (Å²) in [7, 11) is -3.71. The molecule has 0 atom stereocenters. The molecule has 3 N–H and O–H groups in total. The zero-order chi connectivity index (χ0) is 22.6. The van der Waals surface area contributed by atoms with Crippen LogP contribution < -0.4 is 10.5 Å². The topological polar surface area (TPSA) is 123 Å². The van der Waals surface area contributed by atoms with Gasteiger partial charge in [-0.05, 0) is 24.6 Å². The van der Waals surface area contributed by atoms with Crippen LogP contribution in [0.5, 0.6) is 0 Å². The highest BCUT2D eigenvalue weighted by molar-refractivity contribution is 7.89. The molecular formula is C21H26N6O3S2. The maximum Gasteiger partial charge on any atom is 0.238 e. The van der Waals surface area contributed by atoms with Gasteiger partial charge in [0.15, 0.2) is 0 Å². The Morgan fingerprint density at radius 2 is 1.91 bits per heavy atom. The fourth-order valence-electron chi connectivity index (χ4n) is 3.49. The number of morpholine rings is 1. The van der Waals surface area contributed by atoms with Crippen molar-refractivity contribution in [2.24, 2.45) is 5.14 Å². The predicted molar refractivity (Wildman–Crippen MR) is 124 cm³/mol. The molecule has 4 rings (SSSR count). The molecule has 1 aromatic carbocycles. The quantitative estimate of drug-likeness (QED) is 0.507. The van der Waals surface area contributed by atoms with Gasteiger partial charge < -0.3 is 10.1 Å². The number of hydrogen-bond donors (Lipinski definition) is 2. The van der Waals surface area contributed by atoms with Crippen molar-refractivity contribution >= 4 is 27.2 Å². The number of hydrogen-bond acceptors (Lipinski definition) is 9. The predicted octanol–water partition coefficient (Wildman–Crippen LogP) is 1.89. The molecule has 0 radical (unpaired) electrons. The van der Waals surface area contributed by atoms with Crippen molar-refractivity contribution in [1.82, 2.24) is 19.9 Å². The zero-order valence-corrected chi connectivity index (χ0v) is 19.5. The molecule has 1 aliphatic heterocycles. The van der Waals surface area contributed by atoms with Crippen molar-refractivity contribution in [2.75, 3.05) is 44.7 Å². The van der Waals surface area contributed by atoms with Crippen LogP contribution in [0.1, 0.15) is 16.4 Å². The fraction of sp³-hybridized carbons (Fsp3) is 0.381. The number of aromatic nitrogens is 3. The third kappa shape index (κ3) is 5.87. The van der Waals surface area contributed by atoms with Crippen LogP contribution in [0.3, 0.4) is 0 Å². The molecule has 1 saturated heterocycles. The van der Waals surface area contributed by atoms with Gasteiger partial charge in [-0.2, -0.15) is 0 Å². The molecule has 2 aromatic heterocycles. The van der Waals surface area contributed by atoms with E-state index in [1.807, 2.05) is 6.92 Å². The number of ether oxygens (including phenoxy) is 1. The molecular weight excluding hydrogens is 448 g/mol. The molecule has 0 amide bonds. The molecule has 0 aliphatic carbocycles. The maximum absolute atomic E-state index is 11.5. The highest BCUT2D eigenvalue weighted by atomic mass is 32.2. The second-order valence-corrected chi connectivity index (χ2v) is 10.2. The molecule has 3 aromatic rings. The fourth-order valence-corrected chi connectivity index (χ4v) is 5.09. The molecule has 11 heteroatoms. The summed E-state index contributed by atoms with van der Waals surface area (Å²) in [6.07, 6.45) is 4.06. The second-order valence-electron chi connectivity index (χ2n) is 7.54. The summed E-state index contributed by atoms with van der Waals surface area (Å²) in [6, 6.07) is 6.54. The number of nitrogens with zero attached hydrogens (tertiary/aromatic N) is 4. The molecule has 1 aliphatic rings. The second kappa shape index (κ2) is 10.0. The van der Waals surface area contributed by atoms with Gasteiger partial charge in [-0.15, -0.1) is 11.3 Å². The highest BCUT2D eigenvalue weighted by Crippen LogP contribution is 2.31. The number of aryl methyl sites for hydroxylation is 1. The third-order valence-electron chi connectivity index (χ3n) is 5.14. The number of nitrogens with one attached hydrogen (secondary N) is 1. The van der Waals surface area contributed by atoms with Gasteiger partial charge in [-0.25, -0.2) is 23.5 Å². The largest absolute Gasteiger partial charge is 0.379 e. The van der Waals surface area contributed by atoms with E-state index in [2.05, 4.69) is 25.2 Å². The molecule has 3 heterocycles. The van der Waals surface area contributed by atoms with Crippen LogP contribution in [0.2, 0.25) is 0 Å². The molecule has 170 valence electrons. The van der Waals surface area contributed by atoms with Crippen molar-refractivity contribution < 1.29 is 13.2 Å². The molecule has 0 unspecified atom stereocenters. The van der Waals surface area contributed by atoms with E-state index in [9.17, 15) is 8.42 Å². The summed E-state index contributed by atoms with van der Waals surface area (Å²) >= 11 is 1.56. The van der Waals surface area contributed by atoms with Crippen molar-refractivity contribution in [3.8, 4) is 10.4 Å². The lowest BCUT2D eigenvalue weighted by Crippen LogP contribution is -2.39. The SMILES string of the molecule is Cc1nc(Cc2cncc(NCCN3CCOCC3)n2)sc1-c1ccc(S(N)(=O)=O)cc1. The molecule has 1 fully saturated rings. The Balaban J connectivity index is 1.39. The minimum absolute atomic E-state index is 0.0943. The summed E-state index contributed by atoms with van der Waals surface area (Å²) in [5.41, 5.74) is 2.63. The minimum atomic E-state index is -3.71. The Morgan fingerprint density at radius 3 is 2.62 bits per heavy atom. The van der Waals surface area contributed by atoms with Crippen molar-refractivity contribution in [3.63, 3.8) is 0 Å². The van der Waals surface area contributed by atoms with Gasteiger partial charge in [0.1, 0.15) is 5.82 Å². The van der Waals surface area contributed by atoms with Crippen molar-refractivity contribution in [2.45, 2.75) is 18.2 Å². The van der Waals surface area contributed by atoms with E-state index in [0.717, 1.165) is 72.0 Å². The van der Waals surface area contributed by atoms with Gasteiger partial charge in [0, 0.05) is 38.8 Å². The third-order valence-corrected chi connectivity index (χ3v) is 7.28. The highest BCUT2D eigenvalue weighted by Gasteiger charge is 2.14. The van der Waals surface area contributed by atoms with Crippen LogP contribution in [0.4, 0.5) is 5.82 Å². The Labute approximate surface area is 191 Å². The first kappa shape index (κ1) is 22.7. The number of primary sulfonamides is 1. The minimum Gasteiger partial charge on any atom is -0.379 e. The van der Waals surface area contributed by atoms with Crippen LogP contribution in [0.25, 0.3) is 10.4 Å². The van der Waals surface area contributed by atoms with Gasteiger partial charge in [0.05, 0.1) is 45.6 Å². The molecule has 32 heavy (non-hydrogen) atoms. The van der Waals surface area contributed by atoms with Gasteiger partial charge in [0.25, 0.3) is 0 Å². The van der Waals surface area contributed by atoms with Gasteiger partial charge >= 0.3 is 0 Å². The number of rotatable bonds is 8. The van der Waals surface area contributed by atoms with Gasteiger partial charge in [-0.3, -0.25) is 9.88 Å². The number of nitrogens with two attached hydrogens (primary N) is 1. The van der Waals surface area contributed by atoms with E-state index in [1.165, 1.54) is 12.1 Å². The van der Waals surface area contributed by atoms with Crippen LogP contribution in [0, 0.1) is 6.92 Å². The van der Waals surface area contributed by atoms with Crippen molar-refractivity contribution in [3.05, 3.63) is 53.1 Å². The smallest absolute Gasteiger partial charge is 0.238 e. The van der Waals surface area contributed by atoms with Crippen LogP contribution in [0.15, 0.2) is 41.6 Å². The lowest BCUT2D eigenvalue weighted by Gasteiger charge is -2.26. The molecule has 0 spiro atoms. The van der Waals surface area contributed by atoms with E-state index >= 15 is 0 Å². The van der Waals surface area contributed by atoms with Crippen LogP contribution in [-0.4, -0.2) is 67.7 Å². The number of anilines is 1. The first-order chi connectivity index (χ1) is 15.4. The lowest BCUT2D eigenvalue weighted by molar-refractivity contribution is 0.0398. The summed E-state index contributed by atoms with van der Waals surface area (Å²) in [5, 5.41) is 9.45. The van der Waals surface area contributed by atoms with E-state index in [1.54, 1.807) is 35.9 Å². The average Bonchev–Trinajstić information content (AvgIpc) is 3.14. The van der Waals surface area contributed by atoms with E-state index in [0.29, 0.717) is 6.42 Å². The lowest BCUT2D eigenvalue weighted by atomic mass is 10.2. The Bertz CT molecular complexity index is 1160.